The molecule has 0 bridgehead atoms. The van der Waals surface area contributed by atoms with E-state index in [-0.39, 0.29) is 25.4 Å². The molecule has 0 heterocycles. The molecule has 0 saturated heterocycles. The summed E-state index contributed by atoms with van der Waals surface area (Å²) in [6.45, 7) is 4.72. The lowest BCUT2D eigenvalue weighted by Crippen LogP contribution is -2.24. The molecule has 2 rings (SSSR count). The lowest BCUT2D eigenvalue weighted by molar-refractivity contribution is -0.121. The van der Waals surface area contributed by atoms with Crippen molar-refractivity contribution in [1.82, 2.24) is 4.72 Å². The molecule has 0 aliphatic carbocycles. The summed E-state index contributed by atoms with van der Waals surface area (Å²) in [7, 11) is -3.24. The van der Waals surface area contributed by atoms with E-state index >= 15 is 0 Å². The molecule has 188 valence electrons. The van der Waals surface area contributed by atoms with Crippen LogP contribution in [0.4, 0.5) is 0 Å². The first-order chi connectivity index (χ1) is 15.9. The third-order valence-corrected chi connectivity index (χ3v) is 6.77. The van der Waals surface area contributed by atoms with E-state index in [1.54, 1.807) is 0 Å². The normalized spacial score (nSPS) is 11.9. The molecule has 0 spiro atoms. The minimum absolute atomic E-state index is 0.0714. The first-order valence-electron chi connectivity index (χ1n) is 10.8. The average molecular weight is 551 g/mol. The number of alkyl halides is 1. The maximum atomic E-state index is 12.0. The van der Waals surface area contributed by atoms with Crippen LogP contribution in [0.5, 0.6) is 11.5 Å². The molecule has 0 saturated carbocycles. The molecule has 10 heteroatoms. The van der Waals surface area contributed by atoms with E-state index in [0.29, 0.717) is 46.9 Å². The molecule has 0 atom stereocenters. The van der Waals surface area contributed by atoms with Gasteiger partial charge in [0.05, 0.1) is 22.9 Å². The van der Waals surface area contributed by atoms with Crippen molar-refractivity contribution in [2.24, 2.45) is 0 Å². The van der Waals surface area contributed by atoms with Crippen LogP contribution in [-0.2, 0) is 20.2 Å². The molecule has 34 heavy (non-hydrogen) atoms. The molecule has 0 radical (unpaired) electrons. The summed E-state index contributed by atoms with van der Waals surface area (Å²) in [5.41, 5.74) is 1.54. The lowest BCUT2D eigenvalue weighted by atomic mass is 9.78. The second-order valence-electron chi connectivity index (χ2n) is 8.41. The zero-order chi connectivity index (χ0) is 25.4. The van der Waals surface area contributed by atoms with Gasteiger partial charge in [-0.15, -0.1) is 11.6 Å². The number of halogens is 3. The van der Waals surface area contributed by atoms with Gasteiger partial charge in [0, 0.05) is 24.3 Å². The van der Waals surface area contributed by atoms with Crippen LogP contribution in [-0.4, -0.2) is 46.1 Å². The Balaban J connectivity index is 1.98. The number of ether oxygens (including phenoxy) is 2. The van der Waals surface area contributed by atoms with Gasteiger partial charge in [0.25, 0.3) is 0 Å². The van der Waals surface area contributed by atoms with Gasteiger partial charge in [-0.05, 0) is 48.2 Å². The Morgan fingerprint density at radius 1 is 1.00 bits per heavy atom. The summed E-state index contributed by atoms with van der Waals surface area (Å²) in [6.07, 6.45) is 2.44. The number of benzene rings is 2. The molecule has 0 aromatic heterocycles. The SMILES string of the molecule is CC(C)(c1ccc(OCC(=O)CCCNS(C)(=O)=O)cc1)c1cc(Cl)c(OCCCCl)c(Cl)c1. The quantitative estimate of drug-likeness (QED) is 0.244. The van der Waals surface area contributed by atoms with E-state index in [0.717, 1.165) is 17.4 Å². The van der Waals surface area contributed by atoms with E-state index < -0.39 is 15.4 Å². The highest BCUT2D eigenvalue weighted by Gasteiger charge is 2.25. The highest BCUT2D eigenvalue weighted by Crippen LogP contribution is 2.40. The standard InChI is InChI=1S/C24H30Cl3NO5S/c1-24(2,18-14-21(26)23(22(27)15-18)32-13-5-11-25)17-7-9-20(10-8-17)33-16-19(29)6-4-12-28-34(3,30)31/h7-10,14-15,28H,4-6,11-13,16H2,1-3H3. The van der Waals surface area contributed by atoms with E-state index in [2.05, 4.69) is 18.6 Å². The fourth-order valence-electron chi connectivity index (χ4n) is 3.20. The van der Waals surface area contributed by atoms with Gasteiger partial charge < -0.3 is 9.47 Å². The van der Waals surface area contributed by atoms with Crippen LogP contribution < -0.4 is 14.2 Å². The monoisotopic (exact) mass is 549 g/mol. The van der Waals surface area contributed by atoms with Gasteiger partial charge in [-0.1, -0.05) is 49.2 Å². The van der Waals surface area contributed by atoms with Crippen molar-refractivity contribution in [3.05, 3.63) is 57.6 Å². The molecular weight excluding hydrogens is 521 g/mol. The minimum Gasteiger partial charge on any atom is -0.490 e. The number of Topliss-reactive ketones (excluding diaryl/α,β-unsaturated/α-hetero) is 1. The first-order valence-corrected chi connectivity index (χ1v) is 14.0. The van der Waals surface area contributed by atoms with Crippen LogP contribution in [0.2, 0.25) is 10.0 Å². The van der Waals surface area contributed by atoms with Crippen molar-refractivity contribution in [3.8, 4) is 11.5 Å². The van der Waals surface area contributed by atoms with Crippen molar-refractivity contribution < 1.29 is 22.7 Å². The predicted molar refractivity (Wildman–Crippen MR) is 138 cm³/mol. The van der Waals surface area contributed by atoms with Crippen molar-refractivity contribution in [2.75, 3.05) is 31.9 Å². The van der Waals surface area contributed by atoms with Crippen molar-refractivity contribution >= 4 is 50.6 Å². The predicted octanol–water partition coefficient (Wildman–Crippen LogP) is 5.60. The number of hydrogen-bond donors (Lipinski definition) is 1. The fraction of sp³-hybridized carbons (Fsp3) is 0.458. The van der Waals surface area contributed by atoms with Gasteiger partial charge in [0.2, 0.25) is 10.0 Å². The number of carbonyl (C=O) groups excluding carboxylic acids is 1. The second-order valence-corrected chi connectivity index (χ2v) is 11.4. The summed E-state index contributed by atoms with van der Waals surface area (Å²) in [4.78, 5) is 12.0. The van der Waals surface area contributed by atoms with Gasteiger partial charge in [-0.25, -0.2) is 13.1 Å². The van der Waals surface area contributed by atoms with Gasteiger partial charge in [0.15, 0.2) is 11.5 Å². The molecular formula is C24H30Cl3NO5S. The summed E-state index contributed by atoms with van der Waals surface area (Å²) in [5.74, 6) is 1.42. The van der Waals surface area contributed by atoms with Crippen LogP contribution in [0.25, 0.3) is 0 Å². The van der Waals surface area contributed by atoms with Crippen LogP contribution in [0.3, 0.4) is 0 Å². The highest BCUT2D eigenvalue weighted by atomic mass is 35.5. The largest absolute Gasteiger partial charge is 0.490 e. The summed E-state index contributed by atoms with van der Waals surface area (Å²) < 4.78 is 35.7. The van der Waals surface area contributed by atoms with Crippen LogP contribution in [0, 0.1) is 0 Å². The van der Waals surface area contributed by atoms with E-state index in [1.807, 2.05) is 36.4 Å². The van der Waals surface area contributed by atoms with Crippen LogP contribution in [0.15, 0.2) is 36.4 Å². The Morgan fingerprint density at radius 2 is 1.62 bits per heavy atom. The molecule has 0 aliphatic rings. The number of carbonyl (C=O) groups is 1. The maximum Gasteiger partial charge on any atom is 0.208 e. The van der Waals surface area contributed by atoms with E-state index in [1.165, 1.54) is 0 Å². The molecule has 6 nitrogen and oxygen atoms in total. The zero-order valence-corrected chi connectivity index (χ0v) is 22.6. The number of hydrogen-bond acceptors (Lipinski definition) is 5. The van der Waals surface area contributed by atoms with Gasteiger partial charge in [-0.2, -0.15) is 0 Å². The van der Waals surface area contributed by atoms with Gasteiger partial charge in [0.1, 0.15) is 12.4 Å². The topological polar surface area (TPSA) is 81.7 Å². The van der Waals surface area contributed by atoms with Crippen molar-refractivity contribution in [1.29, 1.82) is 0 Å². The van der Waals surface area contributed by atoms with Crippen molar-refractivity contribution in [3.63, 3.8) is 0 Å². The second kappa shape index (κ2) is 13.0. The Bertz CT molecular complexity index is 1050. The number of sulfonamides is 1. The van der Waals surface area contributed by atoms with Crippen molar-refractivity contribution in [2.45, 2.75) is 38.5 Å². The molecule has 2 aromatic carbocycles. The Hall–Kier alpha value is -1.51. The zero-order valence-electron chi connectivity index (χ0n) is 19.5. The van der Waals surface area contributed by atoms with E-state index in [9.17, 15) is 13.2 Å². The Labute approximate surface area is 216 Å². The number of rotatable bonds is 14. The van der Waals surface area contributed by atoms with Gasteiger partial charge >= 0.3 is 0 Å². The Morgan fingerprint density at radius 3 is 2.18 bits per heavy atom. The van der Waals surface area contributed by atoms with Crippen LogP contribution >= 0.6 is 34.8 Å². The third kappa shape index (κ3) is 8.93. The first kappa shape index (κ1) is 28.7. The number of nitrogens with one attached hydrogen (secondary N) is 1. The molecule has 0 aliphatic heterocycles. The minimum atomic E-state index is -3.24. The Kier molecular flexibility index (Phi) is 11.0. The molecule has 0 amide bonds. The smallest absolute Gasteiger partial charge is 0.208 e. The maximum absolute atomic E-state index is 12.0. The van der Waals surface area contributed by atoms with Gasteiger partial charge in [-0.3, -0.25) is 4.79 Å². The molecule has 0 unspecified atom stereocenters. The third-order valence-electron chi connectivity index (χ3n) is 5.22. The average Bonchev–Trinajstić information content (AvgIpc) is 2.76. The molecule has 1 N–H and O–H groups in total. The molecule has 0 fully saturated rings. The summed E-state index contributed by atoms with van der Waals surface area (Å²) in [6, 6.07) is 11.2. The number of ketones is 1. The fourth-order valence-corrected chi connectivity index (χ4v) is 4.42. The summed E-state index contributed by atoms with van der Waals surface area (Å²) >= 11 is 18.6. The van der Waals surface area contributed by atoms with E-state index in [4.69, 9.17) is 44.3 Å². The lowest BCUT2D eigenvalue weighted by Gasteiger charge is -2.27. The van der Waals surface area contributed by atoms with Crippen LogP contribution in [0.1, 0.15) is 44.2 Å². The summed E-state index contributed by atoms with van der Waals surface area (Å²) in [5, 5.41) is 0.880. The molecule has 2 aromatic rings. The highest BCUT2D eigenvalue weighted by molar-refractivity contribution is 7.88.